The van der Waals surface area contributed by atoms with Crippen LogP contribution in [-0.2, 0) is 6.42 Å². The van der Waals surface area contributed by atoms with E-state index in [1.165, 1.54) is 43.7 Å². The number of nitrogens with two attached hydrogens (primary N) is 1. The third-order valence-corrected chi connectivity index (χ3v) is 4.68. The van der Waals surface area contributed by atoms with Crippen LogP contribution < -0.4 is 11.1 Å². The molecule has 1 saturated heterocycles. The van der Waals surface area contributed by atoms with E-state index in [1.807, 2.05) is 5.38 Å². The van der Waals surface area contributed by atoms with Gasteiger partial charge in [-0.1, -0.05) is 13.3 Å². The fraction of sp³-hybridized carbons (Fsp3) is 0.733. The first-order valence-electron chi connectivity index (χ1n) is 7.84. The summed E-state index contributed by atoms with van der Waals surface area (Å²) in [6.07, 6.45) is 4.71. The highest BCUT2D eigenvalue weighted by atomic mass is 35.5. The molecule has 0 aliphatic carbocycles. The number of nitrogens with zero attached hydrogens (tertiary/aromatic N) is 2. The Labute approximate surface area is 155 Å². The van der Waals surface area contributed by atoms with Gasteiger partial charge in [0.15, 0.2) is 0 Å². The number of amides is 1. The van der Waals surface area contributed by atoms with Crippen molar-refractivity contribution in [2.45, 2.75) is 32.6 Å². The molecular weight excluding hydrogens is 355 g/mol. The van der Waals surface area contributed by atoms with Gasteiger partial charge in [0.2, 0.25) is 0 Å². The summed E-state index contributed by atoms with van der Waals surface area (Å²) in [5.41, 5.74) is 6.02. The van der Waals surface area contributed by atoms with Gasteiger partial charge in [-0.15, -0.1) is 36.2 Å². The standard InChI is InChI=1S/C15H26N4OS.2ClH/c1-12(10-19-7-3-2-4-8-19)9-17-15(20)13-11-21-14(18-13)5-6-16;;/h11-12H,2-10,16H2,1H3,(H,17,20);2*1H. The molecule has 1 atom stereocenters. The van der Waals surface area contributed by atoms with Crippen molar-refractivity contribution in [1.29, 1.82) is 0 Å². The van der Waals surface area contributed by atoms with E-state index in [2.05, 4.69) is 22.1 Å². The average molecular weight is 383 g/mol. The van der Waals surface area contributed by atoms with Crippen molar-refractivity contribution in [3.63, 3.8) is 0 Å². The minimum absolute atomic E-state index is 0. The maximum absolute atomic E-state index is 12.0. The molecule has 23 heavy (non-hydrogen) atoms. The number of nitrogens with one attached hydrogen (secondary N) is 1. The number of halogens is 2. The van der Waals surface area contributed by atoms with E-state index in [-0.39, 0.29) is 30.7 Å². The van der Waals surface area contributed by atoms with Gasteiger partial charge in [0.05, 0.1) is 5.01 Å². The lowest BCUT2D eigenvalue weighted by atomic mass is 10.1. The molecule has 3 N–H and O–H groups in total. The van der Waals surface area contributed by atoms with Gasteiger partial charge in [-0.05, 0) is 38.4 Å². The highest BCUT2D eigenvalue weighted by molar-refractivity contribution is 7.09. The summed E-state index contributed by atoms with van der Waals surface area (Å²) in [6, 6.07) is 0. The number of hydrogen-bond donors (Lipinski definition) is 2. The largest absolute Gasteiger partial charge is 0.350 e. The Morgan fingerprint density at radius 2 is 2.09 bits per heavy atom. The molecule has 2 heterocycles. The number of carbonyl (C=O) groups is 1. The van der Waals surface area contributed by atoms with Crippen LogP contribution >= 0.6 is 36.2 Å². The third kappa shape index (κ3) is 7.81. The SMILES string of the molecule is CC(CNC(=O)c1csc(CCN)n1)CN1CCCCC1.Cl.Cl. The number of thiazole rings is 1. The van der Waals surface area contributed by atoms with Gasteiger partial charge in [-0.3, -0.25) is 4.79 Å². The predicted molar refractivity (Wildman–Crippen MR) is 101 cm³/mol. The van der Waals surface area contributed by atoms with Crippen molar-refractivity contribution in [2.75, 3.05) is 32.7 Å². The number of piperidine rings is 1. The summed E-state index contributed by atoms with van der Waals surface area (Å²) >= 11 is 1.51. The molecule has 1 aliphatic heterocycles. The first-order valence-corrected chi connectivity index (χ1v) is 8.72. The second-order valence-corrected chi connectivity index (χ2v) is 6.78. The molecule has 1 unspecified atom stereocenters. The average Bonchev–Trinajstić information content (AvgIpc) is 2.95. The van der Waals surface area contributed by atoms with Crippen LogP contribution in [0, 0.1) is 5.92 Å². The van der Waals surface area contributed by atoms with Crippen LogP contribution in [0.5, 0.6) is 0 Å². The van der Waals surface area contributed by atoms with Crippen molar-refractivity contribution in [1.82, 2.24) is 15.2 Å². The molecule has 0 aromatic carbocycles. The Kier molecular flexibility index (Phi) is 11.8. The molecule has 0 bridgehead atoms. The van der Waals surface area contributed by atoms with E-state index >= 15 is 0 Å². The zero-order chi connectivity index (χ0) is 15.1. The van der Waals surface area contributed by atoms with E-state index in [9.17, 15) is 4.79 Å². The zero-order valence-corrected chi connectivity index (χ0v) is 16.1. The minimum atomic E-state index is -0.0694. The summed E-state index contributed by atoms with van der Waals surface area (Å²) in [6.45, 7) is 6.94. The highest BCUT2D eigenvalue weighted by Crippen LogP contribution is 2.12. The van der Waals surface area contributed by atoms with Crippen LogP contribution in [0.2, 0.25) is 0 Å². The van der Waals surface area contributed by atoms with Crippen molar-refractivity contribution in [2.24, 2.45) is 11.7 Å². The van der Waals surface area contributed by atoms with E-state index in [0.717, 1.165) is 18.0 Å². The summed E-state index contributed by atoms with van der Waals surface area (Å²) in [5.74, 6) is 0.397. The summed E-state index contributed by atoms with van der Waals surface area (Å²) < 4.78 is 0. The smallest absolute Gasteiger partial charge is 0.270 e. The molecule has 1 aromatic heterocycles. The van der Waals surface area contributed by atoms with E-state index in [1.54, 1.807) is 0 Å². The van der Waals surface area contributed by atoms with E-state index < -0.39 is 0 Å². The lowest BCUT2D eigenvalue weighted by molar-refractivity contribution is 0.0938. The van der Waals surface area contributed by atoms with Crippen molar-refractivity contribution in [3.05, 3.63) is 16.1 Å². The number of carbonyl (C=O) groups excluding carboxylic acids is 1. The van der Waals surface area contributed by atoms with Crippen LogP contribution in [0.1, 0.15) is 41.7 Å². The normalized spacial score (nSPS) is 16.1. The highest BCUT2D eigenvalue weighted by Gasteiger charge is 2.15. The van der Waals surface area contributed by atoms with Crippen LogP contribution in [-0.4, -0.2) is 48.5 Å². The molecule has 1 aromatic rings. The second-order valence-electron chi connectivity index (χ2n) is 5.84. The summed E-state index contributed by atoms with van der Waals surface area (Å²) in [4.78, 5) is 18.9. The van der Waals surface area contributed by atoms with Gasteiger partial charge in [0, 0.05) is 24.9 Å². The molecule has 134 valence electrons. The van der Waals surface area contributed by atoms with Gasteiger partial charge in [0.25, 0.3) is 5.91 Å². The van der Waals surface area contributed by atoms with Crippen LogP contribution in [0.15, 0.2) is 5.38 Å². The second kappa shape index (κ2) is 12.0. The monoisotopic (exact) mass is 382 g/mol. The Morgan fingerprint density at radius 3 is 2.74 bits per heavy atom. The van der Waals surface area contributed by atoms with Crippen LogP contribution in [0.3, 0.4) is 0 Å². The van der Waals surface area contributed by atoms with Gasteiger partial charge in [-0.2, -0.15) is 0 Å². The molecule has 1 amide bonds. The predicted octanol–water partition coefficient (Wildman–Crippen LogP) is 2.34. The molecule has 5 nitrogen and oxygen atoms in total. The van der Waals surface area contributed by atoms with E-state index in [4.69, 9.17) is 5.73 Å². The molecule has 0 saturated carbocycles. The number of likely N-dealkylation sites (tertiary alicyclic amines) is 1. The van der Waals surface area contributed by atoms with Gasteiger partial charge in [0.1, 0.15) is 5.69 Å². The van der Waals surface area contributed by atoms with Crippen molar-refractivity contribution < 1.29 is 4.79 Å². The molecule has 2 rings (SSSR count). The fourth-order valence-electron chi connectivity index (χ4n) is 2.66. The lowest BCUT2D eigenvalue weighted by Gasteiger charge is -2.29. The van der Waals surface area contributed by atoms with Crippen molar-refractivity contribution in [3.8, 4) is 0 Å². The topological polar surface area (TPSA) is 71.2 Å². The number of rotatable bonds is 7. The first-order chi connectivity index (χ1) is 10.2. The lowest BCUT2D eigenvalue weighted by Crippen LogP contribution is -2.38. The summed E-state index contributed by atoms with van der Waals surface area (Å²) in [5, 5.41) is 5.74. The Bertz CT molecular complexity index is 452. The third-order valence-electron chi connectivity index (χ3n) is 3.77. The zero-order valence-electron chi connectivity index (χ0n) is 13.6. The number of hydrogen-bond acceptors (Lipinski definition) is 5. The van der Waals surface area contributed by atoms with Gasteiger partial charge in [-0.25, -0.2) is 4.98 Å². The Hall–Kier alpha value is -0.400. The quantitative estimate of drug-likeness (QED) is 0.758. The molecule has 0 spiro atoms. The van der Waals surface area contributed by atoms with Crippen LogP contribution in [0.25, 0.3) is 0 Å². The molecule has 1 fully saturated rings. The van der Waals surface area contributed by atoms with Gasteiger partial charge < -0.3 is 16.0 Å². The maximum Gasteiger partial charge on any atom is 0.270 e. The number of aromatic nitrogens is 1. The van der Waals surface area contributed by atoms with E-state index in [0.29, 0.717) is 24.7 Å². The minimum Gasteiger partial charge on any atom is -0.350 e. The molecule has 0 radical (unpaired) electrons. The Morgan fingerprint density at radius 1 is 1.39 bits per heavy atom. The molecule has 1 aliphatic rings. The fourth-order valence-corrected chi connectivity index (χ4v) is 3.45. The molecular formula is C15H28Cl2N4OS. The summed E-state index contributed by atoms with van der Waals surface area (Å²) in [7, 11) is 0. The first kappa shape index (κ1) is 22.6. The van der Waals surface area contributed by atoms with Gasteiger partial charge >= 0.3 is 0 Å². The molecule has 8 heteroatoms. The maximum atomic E-state index is 12.0. The van der Waals surface area contributed by atoms with Crippen molar-refractivity contribution >= 4 is 42.1 Å². The Balaban J connectivity index is 0.00000242. The van der Waals surface area contributed by atoms with Crippen LogP contribution in [0.4, 0.5) is 0 Å².